The molecule has 0 spiro atoms. The van der Waals surface area contributed by atoms with E-state index in [1.54, 1.807) is 0 Å². The zero-order valence-corrected chi connectivity index (χ0v) is 11.9. The highest BCUT2D eigenvalue weighted by Crippen LogP contribution is 2.34. The summed E-state index contributed by atoms with van der Waals surface area (Å²) >= 11 is 0. The molecule has 0 aliphatic heterocycles. The molecule has 1 aliphatic rings. The minimum absolute atomic E-state index is 0.123. The molecule has 20 heavy (non-hydrogen) atoms. The van der Waals surface area contributed by atoms with Crippen molar-refractivity contribution in [3.05, 3.63) is 35.4 Å². The Morgan fingerprint density at radius 3 is 2.35 bits per heavy atom. The molecule has 108 valence electrons. The number of carboxylic acid groups (broad SMARTS) is 1. The van der Waals surface area contributed by atoms with Crippen LogP contribution in [0.5, 0.6) is 0 Å². The zero-order valence-electron chi connectivity index (χ0n) is 11.9. The van der Waals surface area contributed by atoms with Gasteiger partial charge < -0.3 is 10.4 Å². The number of carboxylic acids is 1. The molecule has 0 heterocycles. The smallest absolute Gasteiger partial charge is 0.307 e. The zero-order chi connectivity index (χ0) is 14.7. The SMILES string of the molecule is Cc1ccc(C(C)CNC(=O)C2CCC2C(=O)O)cc1. The molecule has 1 aromatic rings. The molecule has 1 aromatic carbocycles. The molecule has 3 unspecified atom stereocenters. The summed E-state index contributed by atoms with van der Waals surface area (Å²) in [5.74, 6) is -1.60. The first-order chi connectivity index (χ1) is 9.49. The van der Waals surface area contributed by atoms with Crippen molar-refractivity contribution in [2.75, 3.05) is 6.54 Å². The van der Waals surface area contributed by atoms with Gasteiger partial charge in [0.25, 0.3) is 0 Å². The van der Waals surface area contributed by atoms with E-state index in [0.29, 0.717) is 19.4 Å². The lowest BCUT2D eigenvalue weighted by Crippen LogP contribution is -2.44. The van der Waals surface area contributed by atoms with Crippen LogP contribution >= 0.6 is 0 Å². The third-order valence-corrected chi connectivity index (χ3v) is 4.16. The number of hydrogen-bond acceptors (Lipinski definition) is 2. The number of aliphatic carboxylic acids is 1. The molecule has 2 rings (SSSR count). The van der Waals surface area contributed by atoms with Crippen LogP contribution in [-0.4, -0.2) is 23.5 Å². The number of benzene rings is 1. The Bertz CT molecular complexity index is 495. The Labute approximate surface area is 119 Å². The van der Waals surface area contributed by atoms with E-state index in [2.05, 4.69) is 36.5 Å². The average Bonchev–Trinajstić information content (AvgIpc) is 2.34. The fourth-order valence-electron chi connectivity index (χ4n) is 2.51. The predicted octanol–water partition coefficient (Wildman–Crippen LogP) is 2.33. The van der Waals surface area contributed by atoms with Gasteiger partial charge in [-0.15, -0.1) is 0 Å². The first-order valence-corrected chi connectivity index (χ1v) is 7.06. The van der Waals surface area contributed by atoms with Gasteiger partial charge in [-0.3, -0.25) is 9.59 Å². The lowest BCUT2D eigenvalue weighted by atomic mass is 9.73. The van der Waals surface area contributed by atoms with Gasteiger partial charge in [0.05, 0.1) is 11.8 Å². The maximum atomic E-state index is 12.0. The Kier molecular flexibility index (Phi) is 4.42. The fraction of sp³-hybridized carbons (Fsp3) is 0.500. The molecule has 1 fully saturated rings. The van der Waals surface area contributed by atoms with Crippen LogP contribution in [0.15, 0.2) is 24.3 Å². The van der Waals surface area contributed by atoms with Gasteiger partial charge in [0.15, 0.2) is 0 Å². The first-order valence-electron chi connectivity index (χ1n) is 7.06. The third kappa shape index (κ3) is 3.18. The van der Waals surface area contributed by atoms with Crippen LogP contribution in [0.3, 0.4) is 0 Å². The van der Waals surface area contributed by atoms with E-state index in [4.69, 9.17) is 5.11 Å². The third-order valence-electron chi connectivity index (χ3n) is 4.16. The second kappa shape index (κ2) is 6.07. The average molecular weight is 275 g/mol. The van der Waals surface area contributed by atoms with Crippen LogP contribution in [-0.2, 0) is 9.59 Å². The van der Waals surface area contributed by atoms with Gasteiger partial charge in [-0.1, -0.05) is 36.8 Å². The summed E-state index contributed by atoms with van der Waals surface area (Å²) in [6.45, 7) is 4.64. The van der Waals surface area contributed by atoms with Crippen molar-refractivity contribution in [2.45, 2.75) is 32.6 Å². The molecular weight excluding hydrogens is 254 g/mol. The Hall–Kier alpha value is -1.84. The number of hydrogen-bond donors (Lipinski definition) is 2. The van der Waals surface area contributed by atoms with E-state index in [0.717, 1.165) is 0 Å². The van der Waals surface area contributed by atoms with Crippen LogP contribution < -0.4 is 5.32 Å². The number of carbonyl (C=O) groups excluding carboxylic acids is 1. The first kappa shape index (κ1) is 14.6. The molecular formula is C16H21NO3. The van der Waals surface area contributed by atoms with E-state index in [9.17, 15) is 9.59 Å². The van der Waals surface area contributed by atoms with Gasteiger partial charge in [-0.25, -0.2) is 0 Å². The standard InChI is InChI=1S/C16H21NO3/c1-10-3-5-12(6-4-10)11(2)9-17-15(18)13-7-8-14(13)16(19)20/h3-6,11,13-14H,7-9H2,1-2H3,(H,17,18)(H,19,20). The molecule has 0 aromatic heterocycles. The summed E-state index contributed by atoms with van der Waals surface area (Å²) in [5.41, 5.74) is 2.39. The van der Waals surface area contributed by atoms with Crippen molar-refractivity contribution in [3.63, 3.8) is 0 Å². The van der Waals surface area contributed by atoms with Crippen LogP contribution in [0.1, 0.15) is 36.8 Å². The van der Waals surface area contributed by atoms with Crippen molar-refractivity contribution >= 4 is 11.9 Å². The summed E-state index contributed by atoms with van der Waals surface area (Å²) in [5, 5.41) is 11.8. The maximum absolute atomic E-state index is 12.0. The Morgan fingerprint density at radius 1 is 1.25 bits per heavy atom. The molecule has 1 amide bonds. The molecule has 0 saturated heterocycles. The molecule has 4 nitrogen and oxygen atoms in total. The van der Waals surface area contributed by atoms with Gasteiger partial charge >= 0.3 is 5.97 Å². The summed E-state index contributed by atoms with van der Waals surface area (Å²) in [6.07, 6.45) is 1.29. The van der Waals surface area contributed by atoms with Gasteiger partial charge in [0.2, 0.25) is 5.91 Å². The normalized spacial score (nSPS) is 22.7. The van der Waals surface area contributed by atoms with E-state index in [1.165, 1.54) is 11.1 Å². The van der Waals surface area contributed by atoms with Crippen LogP contribution in [0.4, 0.5) is 0 Å². The largest absolute Gasteiger partial charge is 0.481 e. The number of nitrogens with one attached hydrogen (secondary N) is 1. The van der Waals surface area contributed by atoms with Crippen molar-refractivity contribution < 1.29 is 14.7 Å². The van der Waals surface area contributed by atoms with Crippen molar-refractivity contribution in [3.8, 4) is 0 Å². The number of amides is 1. The second-order valence-electron chi connectivity index (χ2n) is 5.69. The summed E-state index contributed by atoms with van der Waals surface area (Å²) < 4.78 is 0. The molecule has 4 heteroatoms. The van der Waals surface area contributed by atoms with E-state index in [1.807, 2.05) is 6.92 Å². The molecule has 1 saturated carbocycles. The highest BCUT2D eigenvalue weighted by Gasteiger charge is 2.41. The molecule has 0 bridgehead atoms. The Morgan fingerprint density at radius 2 is 1.85 bits per heavy atom. The topological polar surface area (TPSA) is 66.4 Å². The summed E-state index contributed by atoms with van der Waals surface area (Å²) in [4.78, 5) is 22.9. The van der Waals surface area contributed by atoms with Crippen LogP contribution in [0, 0.1) is 18.8 Å². The van der Waals surface area contributed by atoms with Gasteiger partial charge in [-0.05, 0) is 31.2 Å². The minimum atomic E-state index is -0.858. The number of aryl methyl sites for hydroxylation is 1. The molecule has 0 radical (unpaired) electrons. The number of carbonyl (C=O) groups is 2. The van der Waals surface area contributed by atoms with Gasteiger partial charge in [0, 0.05) is 6.54 Å². The van der Waals surface area contributed by atoms with Gasteiger partial charge in [0.1, 0.15) is 0 Å². The quantitative estimate of drug-likeness (QED) is 0.866. The number of rotatable bonds is 5. The summed E-state index contributed by atoms with van der Waals surface area (Å²) in [7, 11) is 0. The highest BCUT2D eigenvalue weighted by atomic mass is 16.4. The molecule has 1 aliphatic carbocycles. The molecule has 2 N–H and O–H groups in total. The fourth-order valence-corrected chi connectivity index (χ4v) is 2.51. The molecule has 3 atom stereocenters. The van der Waals surface area contributed by atoms with Crippen LogP contribution in [0.25, 0.3) is 0 Å². The van der Waals surface area contributed by atoms with Gasteiger partial charge in [-0.2, -0.15) is 0 Å². The lowest BCUT2D eigenvalue weighted by Gasteiger charge is -2.32. The minimum Gasteiger partial charge on any atom is -0.481 e. The van der Waals surface area contributed by atoms with E-state index < -0.39 is 11.9 Å². The maximum Gasteiger partial charge on any atom is 0.307 e. The van der Waals surface area contributed by atoms with Crippen LogP contribution in [0.2, 0.25) is 0 Å². The summed E-state index contributed by atoms with van der Waals surface area (Å²) in [6, 6.07) is 8.24. The van der Waals surface area contributed by atoms with Crippen molar-refractivity contribution in [1.29, 1.82) is 0 Å². The van der Waals surface area contributed by atoms with E-state index in [-0.39, 0.29) is 17.7 Å². The highest BCUT2D eigenvalue weighted by molar-refractivity contribution is 5.86. The van der Waals surface area contributed by atoms with Crippen molar-refractivity contribution in [1.82, 2.24) is 5.32 Å². The Balaban J connectivity index is 1.84. The van der Waals surface area contributed by atoms with Crippen molar-refractivity contribution in [2.24, 2.45) is 11.8 Å². The second-order valence-corrected chi connectivity index (χ2v) is 5.69. The predicted molar refractivity (Wildman–Crippen MR) is 76.5 cm³/mol. The lowest BCUT2D eigenvalue weighted by molar-refractivity contribution is -0.152. The van der Waals surface area contributed by atoms with E-state index >= 15 is 0 Å². The monoisotopic (exact) mass is 275 g/mol.